The van der Waals surface area contributed by atoms with Gasteiger partial charge in [-0.3, -0.25) is 9.59 Å². The topological polar surface area (TPSA) is 105 Å². The number of ether oxygens (including phenoxy) is 1. The fourth-order valence-corrected chi connectivity index (χ4v) is 3.64. The molecule has 1 aromatic rings. The van der Waals surface area contributed by atoms with Crippen LogP contribution in [0.3, 0.4) is 0 Å². The van der Waals surface area contributed by atoms with Crippen LogP contribution in [0.5, 0.6) is 0 Å². The van der Waals surface area contributed by atoms with E-state index in [1.165, 1.54) is 36.2 Å². The quantitative estimate of drug-likeness (QED) is 0.568. The molecule has 1 saturated carbocycles. The van der Waals surface area contributed by atoms with Gasteiger partial charge in [0.2, 0.25) is 15.9 Å². The molecule has 8 nitrogen and oxygen atoms in total. The molecule has 1 aliphatic carbocycles. The maximum Gasteiger partial charge on any atom is 0.254 e. The molecule has 2 N–H and O–H groups in total. The molecule has 9 heteroatoms. The van der Waals surface area contributed by atoms with Gasteiger partial charge in [-0.2, -0.15) is 0 Å². The van der Waals surface area contributed by atoms with Crippen molar-refractivity contribution >= 4 is 21.8 Å². The van der Waals surface area contributed by atoms with Crippen molar-refractivity contribution in [2.75, 3.05) is 33.9 Å². The highest BCUT2D eigenvalue weighted by Crippen LogP contribution is 2.22. The van der Waals surface area contributed by atoms with E-state index in [1.807, 2.05) is 0 Å². The average Bonchev–Trinajstić information content (AvgIpc) is 3.41. The van der Waals surface area contributed by atoms with Crippen LogP contribution >= 0.6 is 0 Å². The van der Waals surface area contributed by atoms with Gasteiger partial charge in [0.15, 0.2) is 0 Å². The Kier molecular flexibility index (Phi) is 7.13. The minimum atomic E-state index is -3.63. The van der Waals surface area contributed by atoms with Gasteiger partial charge in [0.1, 0.15) is 0 Å². The third-order valence-electron chi connectivity index (χ3n) is 3.87. The van der Waals surface area contributed by atoms with Crippen molar-refractivity contribution in [1.29, 1.82) is 0 Å². The Balaban J connectivity index is 1.95. The molecule has 144 valence electrons. The Morgan fingerprint density at radius 2 is 2.04 bits per heavy atom. The molecular weight excluding hydrogens is 358 g/mol. The van der Waals surface area contributed by atoms with E-state index >= 15 is 0 Å². The monoisotopic (exact) mass is 383 g/mol. The van der Waals surface area contributed by atoms with Gasteiger partial charge in [0.25, 0.3) is 5.91 Å². The van der Waals surface area contributed by atoms with Gasteiger partial charge in [-0.15, -0.1) is 0 Å². The predicted molar refractivity (Wildman–Crippen MR) is 96.2 cm³/mol. The van der Waals surface area contributed by atoms with Crippen LogP contribution in [-0.4, -0.2) is 65.0 Å². The third-order valence-corrected chi connectivity index (χ3v) is 5.38. The van der Waals surface area contributed by atoms with Gasteiger partial charge in [-0.1, -0.05) is 6.07 Å². The lowest BCUT2D eigenvalue weighted by atomic mass is 10.2. The van der Waals surface area contributed by atoms with Crippen molar-refractivity contribution in [3.8, 4) is 0 Å². The molecule has 0 bridgehead atoms. The number of sulfonamides is 1. The molecule has 0 unspecified atom stereocenters. The number of hydrogen-bond donors (Lipinski definition) is 2. The lowest BCUT2D eigenvalue weighted by molar-refractivity contribution is -0.121. The summed E-state index contributed by atoms with van der Waals surface area (Å²) < 4.78 is 32.0. The molecule has 0 spiro atoms. The summed E-state index contributed by atoms with van der Waals surface area (Å²) in [6.07, 6.45) is 2.36. The van der Waals surface area contributed by atoms with Gasteiger partial charge in [-0.05, 0) is 37.5 Å². The molecule has 2 rings (SSSR count). The van der Waals surface area contributed by atoms with Crippen molar-refractivity contribution in [3.63, 3.8) is 0 Å². The van der Waals surface area contributed by atoms with Gasteiger partial charge in [-0.25, -0.2) is 13.1 Å². The van der Waals surface area contributed by atoms with Crippen molar-refractivity contribution < 1.29 is 22.7 Å². The number of nitrogens with zero attached hydrogens (tertiary/aromatic N) is 1. The number of methoxy groups -OCH3 is 1. The lowest BCUT2D eigenvalue weighted by Crippen LogP contribution is -2.38. The van der Waals surface area contributed by atoms with Crippen LogP contribution in [0.1, 0.15) is 29.6 Å². The number of benzene rings is 1. The molecule has 0 aromatic heterocycles. The highest BCUT2D eigenvalue weighted by Gasteiger charge is 2.28. The standard InChI is InChI=1S/C17H25N3O5S/c1-20(12-16(21)18-9-4-10-25-2)17(22)13-5-3-6-15(11-13)26(23,24)19-14-7-8-14/h3,5-6,11,14,19H,4,7-10,12H2,1-2H3,(H,18,21). The van der Waals surface area contributed by atoms with E-state index in [4.69, 9.17) is 4.74 Å². The van der Waals surface area contributed by atoms with Crippen molar-refractivity contribution in [1.82, 2.24) is 14.9 Å². The van der Waals surface area contributed by atoms with Crippen molar-refractivity contribution in [2.45, 2.75) is 30.2 Å². The molecule has 0 radical (unpaired) electrons. The Morgan fingerprint density at radius 1 is 1.31 bits per heavy atom. The summed E-state index contributed by atoms with van der Waals surface area (Å²) in [7, 11) is -0.544. The van der Waals surface area contributed by atoms with Crippen LogP contribution in [0.25, 0.3) is 0 Å². The van der Waals surface area contributed by atoms with Crippen molar-refractivity contribution in [2.24, 2.45) is 0 Å². The van der Waals surface area contributed by atoms with Gasteiger partial charge >= 0.3 is 0 Å². The fraction of sp³-hybridized carbons (Fsp3) is 0.529. The van der Waals surface area contributed by atoms with Crippen LogP contribution in [0.15, 0.2) is 29.2 Å². The first kappa shape index (κ1) is 20.3. The Morgan fingerprint density at radius 3 is 2.69 bits per heavy atom. The summed E-state index contributed by atoms with van der Waals surface area (Å²) in [4.78, 5) is 25.6. The maximum atomic E-state index is 12.5. The second-order valence-corrected chi connectivity index (χ2v) is 7.99. The Labute approximate surface area is 153 Å². The van der Waals surface area contributed by atoms with Crippen LogP contribution in [0.2, 0.25) is 0 Å². The summed E-state index contributed by atoms with van der Waals surface area (Å²) >= 11 is 0. The molecular formula is C17H25N3O5S. The molecule has 0 atom stereocenters. The number of amides is 2. The summed E-state index contributed by atoms with van der Waals surface area (Å²) in [6, 6.07) is 5.83. The normalized spacial score (nSPS) is 14.1. The first-order chi connectivity index (χ1) is 12.3. The Hall–Kier alpha value is -1.97. The van der Waals surface area contributed by atoms with E-state index in [1.54, 1.807) is 7.11 Å². The van der Waals surface area contributed by atoms with E-state index in [9.17, 15) is 18.0 Å². The van der Waals surface area contributed by atoms with Gasteiger partial charge < -0.3 is 15.0 Å². The van der Waals surface area contributed by atoms with Gasteiger partial charge in [0, 0.05) is 38.9 Å². The van der Waals surface area contributed by atoms with E-state index in [0.29, 0.717) is 19.6 Å². The Bertz CT molecular complexity index is 747. The van der Waals surface area contributed by atoms with Crippen LogP contribution in [0.4, 0.5) is 0 Å². The minimum absolute atomic E-state index is 0.0103. The van der Waals surface area contributed by atoms with E-state index < -0.39 is 15.9 Å². The summed E-state index contributed by atoms with van der Waals surface area (Å²) in [5.74, 6) is -0.698. The highest BCUT2D eigenvalue weighted by atomic mass is 32.2. The largest absolute Gasteiger partial charge is 0.385 e. The van der Waals surface area contributed by atoms with Crippen molar-refractivity contribution in [3.05, 3.63) is 29.8 Å². The highest BCUT2D eigenvalue weighted by molar-refractivity contribution is 7.89. The number of rotatable bonds is 10. The summed E-state index contributed by atoms with van der Waals surface area (Å²) in [5, 5.41) is 2.70. The summed E-state index contributed by atoms with van der Waals surface area (Å²) in [5.41, 5.74) is 0.221. The molecule has 1 aliphatic rings. The van der Waals surface area contributed by atoms with E-state index in [2.05, 4.69) is 10.0 Å². The zero-order valence-corrected chi connectivity index (χ0v) is 15.8. The summed E-state index contributed by atoms with van der Waals surface area (Å²) in [6.45, 7) is 0.906. The minimum Gasteiger partial charge on any atom is -0.385 e. The molecule has 2 amide bonds. The molecule has 1 fully saturated rings. The van der Waals surface area contributed by atoms with Crippen LogP contribution < -0.4 is 10.0 Å². The fourth-order valence-electron chi connectivity index (χ4n) is 2.29. The number of nitrogens with one attached hydrogen (secondary N) is 2. The molecule has 0 aliphatic heterocycles. The second kappa shape index (κ2) is 9.11. The van der Waals surface area contributed by atoms with Gasteiger partial charge in [0.05, 0.1) is 11.4 Å². The van der Waals surface area contributed by atoms with E-state index in [-0.39, 0.29) is 29.0 Å². The second-order valence-electron chi connectivity index (χ2n) is 6.28. The number of likely N-dealkylation sites (N-methyl/N-ethyl adjacent to an activating group) is 1. The predicted octanol–water partition coefficient (Wildman–Crippen LogP) is 0.352. The number of hydrogen-bond acceptors (Lipinski definition) is 5. The van der Waals surface area contributed by atoms with Crippen LogP contribution in [0, 0.1) is 0 Å². The first-order valence-electron chi connectivity index (χ1n) is 8.47. The number of carbonyl (C=O) groups is 2. The number of carbonyl (C=O) groups excluding carboxylic acids is 2. The molecule has 1 aromatic carbocycles. The average molecular weight is 383 g/mol. The smallest absolute Gasteiger partial charge is 0.254 e. The van der Waals surface area contributed by atoms with Crippen LogP contribution in [-0.2, 0) is 19.6 Å². The zero-order chi connectivity index (χ0) is 19.2. The van der Waals surface area contributed by atoms with E-state index in [0.717, 1.165) is 12.8 Å². The molecule has 0 saturated heterocycles. The third kappa shape index (κ3) is 6.08. The zero-order valence-electron chi connectivity index (χ0n) is 15.0. The maximum absolute atomic E-state index is 12.5. The molecule has 0 heterocycles. The first-order valence-corrected chi connectivity index (χ1v) is 9.95. The lowest BCUT2D eigenvalue weighted by Gasteiger charge is -2.17. The molecule has 26 heavy (non-hydrogen) atoms. The SMILES string of the molecule is COCCCNC(=O)CN(C)C(=O)c1cccc(S(=O)(=O)NC2CC2)c1.